The molecule has 0 aliphatic rings. The van der Waals surface area contributed by atoms with Gasteiger partial charge in [-0.2, -0.15) is 11.3 Å². The third kappa shape index (κ3) is 2.15. The van der Waals surface area contributed by atoms with E-state index in [1.54, 1.807) is 6.07 Å². The zero-order valence-corrected chi connectivity index (χ0v) is 11.1. The van der Waals surface area contributed by atoms with Crippen molar-refractivity contribution in [1.29, 1.82) is 0 Å². The topological polar surface area (TPSA) is 76.3 Å². The number of aliphatic hydroxyl groups excluding tert-OH is 1. The summed E-state index contributed by atoms with van der Waals surface area (Å²) in [6.07, 6.45) is 0. The van der Waals surface area contributed by atoms with Crippen molar-refractivity contribution in [3.8, 4) is 11.3 Å². The lowest BCUT2D eigenvalue weighted by atomic mass is 10.1. The smallest absolute Gasteiger partial charge is 0.271 e. The van der Waals surface area contributed by atoms with Gasteiger partial charge >= 0.3 is 0 Å². The van der Waals surface area contributed by atoms with E-state index in [4.69, 9.17) is 0 Å². The molecule has 0 bridgehead atoms. The van der Waals surface area contributed by atoms with Gasteiger partial charge in [0.25, 0.3) is 5.69 Å². The Hall–Kier alpha value is -2.31. The number of nitro groups is 1. The Balaban J connectivity index is 2.26. The van der Waals surface area contributed by atoms with Gasteiger partial charge in [0.05, 0.1) is 22.7 Å². The van der Waals surface area contributed by atoms with Crippen LogP contribution in [0.4, 0.5) is 5.69 Å². The van der Waals surface area contributed by atoms with Crippen LogP contribution in [0, 0.1) is 10.1 Å². The Morgan fingerprint density at radius 1 is 1.30 bits per heavy atom. The van der Waals surface area contributed by atoms with Gasteiger partial charge in [-0.3, -0.25) is 10.1 Å². The number of thiophene rings is 1. The van der Waals surface area contributed by atoms with E-state index >= 15 is 0 Å². The molecule has 5 nitrogen and oxygen atoms in total. The van der Waals surface area contributed by atoms with Crippen molar-refractivity contribution < 1.29 is 10.0 Å². The van der Waals surface area contributed by atoms with E-state index < -0.39 is 4.92 Å². The molecule has 0 amide bonds. The molecule has 0 spiro atoms. The van der Waals surface area contributed by atoms with Gasteiger partial charge in [0.15, 0.2) is 0 Å². The monoisotopic (exact) mass is 286 g/mol. The molecule has 2 heterocycles. The minimum atomic E-state index is -0.439. The van der Waals surface area contributed by atoms with Crippen molar-refractivity contribution in [1.82, 2.24) is 4.98 Å². The fraction of sp³-hybridized carbons (Fsp3) is 0.0714. The molecule has 0 aliphatic carbocycles. The highest BCUT2D eigenvalue weighted by Gasteiger charge is 2.12. The van der Waals surface area contributed by atoms with Gasteiger partial charge in [-0.15, -0.1) is 0 Å². The first-order chi connectivity index (χ1) is 9.69. The molecule has 2 aromatic heterocycles. The number of nitrogens with zero attached hydrogens (tertiary/aromatic N) is 2. The van der Waals surface area contributed by atoms with Crippen LogP contribution in [-0.4, -0.2) is 15.0 Å². The Morgan fingerprint density at radius 3 is 2.80 bits per heavy atom. The molecule has 6 heteroatoms. The predicted molar refractivity (Wildman–Crippen MR) is 77.6 cm³/mol. The lowest BCUT2D eigenvalue weighted by Crippen LogP contribution is -1.95. The van der Waals surface area contributed by atoms with Gasteiger partial charge in [0.1, 0.15) is 0 Å². The van der Waals surface area contributed by atoms with Crippen molar-refractivity contribution in [2.75, 3.05) is 0 Å². The molecule has 0 aliphatic heterocycles. The number of benzene rings is 1. The van der Waals surface area contributed by atoms with E-state index in [0.29, 0.717) is 16.8 Å². The second-order valence-electron chi connectivity index (χ2n) is 4.30. The normalized spacial score (nSPS) is 10.8. The Bertz CT molecular complexity index is 784. The highest BCUT2D eigenvalue weighted by atomic mass is 32.1. The first-order valence-electron chi connectivity index (χ1n) is 5.90. The molecule has 0 radical (unpaired) electrons. The molecule has 0 saturated heterocycles. The van der Waals surface area contributed by atoms with Crippen molar-refractivity contribution in [2.45, 2.75) is 6.61 Å². The third-order valence-electron chi connectivity index (χ3n) is 3.06. The van der Waals surface area contributed by atoms with E-state index in [-0.39, 0.29) is 12.3 Å². The zero-order valence-electron chi connectivity index (χ0n) is 10.3. The lowest BCUT2D eigenvalue weighted by Gasteiger charge is -2.07. The summed E-state index contributed by atoms with van der Waals surface area (Å²) in [7, 11) is 0. The second kappa shape index (κ2) is 4.99. The summed E-state index contributed by atoms with van der Waals surface area (Å²) in [5.41, 5.74) is 2.86. The van der Waals surface area contributed by atoms with Crippen LogP contribution in [0.5, 0.6) is 0 Å². The van der Waals surface area contributed by atoms with Crippen LogP contribution in [0.15, 0.2) is 41.1 Å². The number of hydrogen-bond donors (Lipinski definition) is 1. The molecule has 0 atom stereocenters. The van der Waals surface area contributed by atoms with Gasteiger partial charge in [-0.25, -0.2) is 4.98 Å². The standard InChI is InChI=1S/C14H10N2O3S/c17-7-11-5-9-1-2-12(16(18)19)6-13(9)15-14(11)10-3-4-20-8-10/h1-6,8,17H,7H2. The minimum absolute atomic E-state index is 0.0121. The number of aliphatic hydroxyl groups is 1. The summed E-state index contributed by atoms with van der Waals surface area (Å²) in [6, 6.07) is 8.27. The molecule has 0 unspecified atom stereocenters. The third-order valence-corrected chi connectivity index (χ3v) is 3.74. The van der Waals surface area contributed by atoms with Gasteiger partial charge in [-0.05, 0) is 23.6 Å². The number of rotatable bonds is 3. The number of nitro benzene ring substituents is 1. The number of non-ortho nitro benzene ring substituents is 1. The summed E-state index contributed by atoms with van der Waals surface area (Å²) in [5.74, 6) is 0. The highest BCUT2D eigenvalue weighted by Crippen LogP contribution is 2.29. The summed E-state index contributed by atoms with van der Waals surface area (Å²) in [6.45, 7) is -0.120. The number of fused-ring (bicyclic) bond motifs is 1. The van der Waals surface area contributed by atoms with E-state index in [0.717, 1.165) is 10.9 Å². The molecule has 1 aromatic carbocycles. The van der Waals surface area contributed by atoms with Crippen molar-refractivity contribution in [2.24, 2.45) is 0 Å². The molecule has 3 aromatic rings. The Morgan fingerprint density at radius 2 is 2.15 bits per heavy atom. The van der Waals surface area contributed by atoms with E-state index in [9.17, 15) is 15.2 Å². The van der Waals surface area contributed by atoms with E-state index in [1.807, 2.05) is 22.9 Å². The van der Waals surface area contributed by atoms with Crippen molar-refractivity contribution in [3.63, 3.8) is 0 Å². The number of pyridine rings is 1. The highest BCUT2D eigenvalue weighted by molar-refractivity contribution is 7.08. The van der Waals surface area contributed by atoms with Crippen LogP contribution in [-0.2, 0) is 6.61 Å². The lowest BCUT2D eigenvalue weighted by molar-refractivity contribution is -0.384. The SMILES string of the molecule is O=[N+]([O-])c1ccc2cc(CO)c(-c3ccsc3)nc2c1. The number of aromatic nitrogens is 1. The fourth-order valence-electron chi connectivity index (χ4n) is 2.08. The quantitative estimate of drug-likeness (QED) is 0.591. The Kier molecular flexibility index (Phi) is 3.17. The van der Waals surface area contributed by atoms with Crippen LogP contribution >= 0.6 is 11.3 Å². The van der Waals surface area contributed by atoms with E-state index in [1.165, 1.54) is 23.5 Å². The van der Waals surface area contributed by atoms with Crippen LogP contribution in [0.1, 0.15) is 5.56 Å². The maximum Gasteiger partial charge on any atom is 0.271 e. The van der Waals surface area contributed by atoms with Crippen molar-refractivity contribution >= 4 is 27.9 Å². The second-order valence-corrected chi connectivity index (χ2v) is 5.08. The van der Waals surface area contributed by atoms with Crippen LogP contribution in [0.3, 0.4) is 0 Å². The summed E-state index contributed by atoms with van der Waals surface area (Å²) < 4.78 is 0. The fourth-order valence-corrected chi connectivity index (χ4v) is 2.72. The maximum absolute atomic E-state index is 10.8. The molecule has 0 saturated carbocycles. The molecule has 100 valence electrons. The first-order valence-corrected chi connectivity index (χ1v) is 6.85. The van der Waals surface area contributed by atoms with Crippen LogP contribution in [0.2, 0.25) is 0 Å². The first kappa shape index (κ1) is 12.7. The van der Waals surface area contributed by atoms with Gasteiger partial charge < -0.3 is 5.11 Å². The zero-order chi connectivity index (χ0) is 14.1. The molecular weight excluding hydrogens is 276 g/mol. The maximum atomic E-state index is 10.8. The van der Waals surface area contributed by atoms with Crippen LogP contribution < -0.4 is 0 Å². The Labute approximate surface area is 118 Å². The van der Waals surface area contributed by atoms with Crippen molar-refractivity contribution in [3.05, 3.63) is 56.8 Å². The number of hydrogen-bond acceptors (Lipinski definition) is 5. The average Bonchev–Trinajstić information content (AvgIpc) is 2.99. The molecular formula is C14H10N2O3S. The van der Waals surface area contributed by atoms with Gasteiger partial charge in [-0.1, -0.05) is 0 Å². The molecule has 3 rings (SSSR count). The molecule has 20 heavy (non-hydrogen) atoms. The predicted octanol–water partition coefficient (Wildman–Crippen LogP) is 3.36. The van der Waals surface area contributed by atoms with Crippen LogP contribution in [0.25, 0.3) is 22.2 Å². The largest absolute Gasteiger partial charge is 0.392 e. The van der Waals surface area contributed by atoms with Gasteiger partial charge in [0.2, 0.25) is 0 Å². The summed E-state index contributed by atoms with van der Waals surface area (Å²) in [5, 5.41) is 24.9. The minimum Gasteiger partial charge on any atom is -0.392 e. The van der Waals surface area contributed by atoms with Gasteiger partial charge in [0, 0.05) is 34.0 Å². The molecule has 0 fully saturated rings. The summed E-state index contributed by atoms with van der Waals surface area (Å²) in [4.78, 5) is 14.9. The molecule has 1 N–H and O–H groups in total. The average molecular weight is 286 g/mol. The summed E-state index contributed by atoms with van der Waals surface area (Å²) >= 11 is 1.54. The van der Waals surface area contributed by atoms with E-state index in [2.05, 4.69) is 4.98 Å².